The second-order valence-corrected chi connectivity index (χ2v) is 8.82. The van der Waals surface area contributed by atoms with Crippen LogP contribution in [0, 0.1) is 6.92 Å². The van der Waals surface area contributed by atoms with Gasteiger partial charge in [0.05, 0.1) is 19.1 Å². The summed E-state index contributed by atoms with van der Waals surface area (Å²) in [4.78, 5) is 12.8. The van der Waals surface area contributed by atoms with Gasteiger partial charge in [-0.3, -0.25) is 4.79 Å². The number of rotatable bonds is 7. The molecule has 0 atom stereocenters. The van der Waals surface area contributed by atoms with Crippen molar-refractivity contribution in [2.24, 2.45) is 0 Å². The normalized spacial score (nSPS) is 14.6. The largest absolute Gasteiger partial charge is 0.493 e. The average molecular weight is 419 g/mol. The van der Waals surface area contributed by atoms with E-state index in [-0.39, 0.29) is 16.5 Å². The Hall–Kier alpha value is -2.58. The summed E-state index contributed by atoms with van der Waals surface area (Å²) in [6, 6.07) is 9.44. The lowest BCUT2D eigenvalue weighted by Crippen LogP contribution is -2.32. The van der Waals surface area contributed by atoms with E-state index in [1.54, 1.807) is 31.4 Å². The lowest BCUT2D eigenvalue weighted by atomic mass is 10.1. The van der Waals surface area contributed by atoms with Gasteiger partial charge in [0.2, 0.25) is 10.0 Å². The lowest BCUT2D eigenvalue weighted by Gasteiger charge is -2.15. The summed E-state index contributed by atoms with van der Waals surface area (Å²) in [7, 11) is -0.606. The standard InChI is InChI=1S/C21H26N2O5S/c1-14-11-19(27-2)20(28-3)13-18(14)22-21(24)15-7-6-10-17(12-15)29(25,26)23-16-8-4-5-9-16/h6-7,10-13,16,23H,4-5,8-9H2,1-3H3,(H,22,24). The zero-order valence-electron chi connectivity index (χ0n) is 16.8. The van der Waals surface area contributed by atoms with E-state index in [0.29, 0.717) is 17.2 Å². The number of ether oxygens (including phenoxy) is 2. The summed E-state index contributed by atoms with van der Waals surface area (Å²) in [5.74, 6) is 0.651. The zero-order valence-corrected chi connectivity index (χ0v) is 17.6. The van der Waals surface area contributed by atoms with E-state index in [0.717, 1.165) is 31.2 Å². The van der Waals surface area contributed by atoms with Gasteiger partial charge in [-0.2, -0.15) is 0 Å². The SMILES string of the molecule is COc1cc(C)c(NC(=O)c2cccc(S(=O)(=O)NC3CCCC3)c2)cc1OC. The number of sulfonamides is 1. The first-order valence-corrected chi connectivity index (χ1v) is 11.0. The quantitative estimate of drug-likeness (QED) is 0.718. The van der Waals surface area contributed by atoms with Crippen molar-refractivity contribution in [2.45, 2.75) is 43.5 Å². The van der Waals surface area contributed by atoms with Crippen molar-refractivity contribution in [1.82, 2.24) is 4.72 Å². The summed E-state index contributed by atoms with van der Waals surface area (Å²) in [5, 5.41) is 2.81. The molecule has 0 aromatic heterocycles. The summed E-state index contributed by atoms with van der Waals surface area (Å²) in [5.41, 5.74) is 1.61. The molecule has 2 aromatic carbocycles. The maximum atomic E-state index is 12.7. The molecule has 0 saturated heterocycles. The molecule has 0 radical (unpaired) electrons. The van der Waals surface area contributed by atoms with E-state index in [9.17, 15) is 13.2 Å². The Morgan fingerprint density at radius 3 is 2.34 bits per heavy atom. The molecule has 0 unspecified atom stereocenters. The topological polar surface area (TPSA) is 93.7 Å². The molecule has 1 fully saturated rings. The minimum absolute atomic E-state index is 0.0353. The molecule has 156 valence electrons. The molecule has 7 nitrogen and oxygen atoms in total. The van der Waals surface area contributed by atoms with Crippen LogP contribution in [-0.2, 0) is 10.0 Å². The highest BCUT2D eigenvalue weighted by Gasteiger charge is 2.23. The number of nitrogens with one attached hydrogen (secondary N) is 2. The van der Waals surface area contributed by atoms with E-state index in [4.69, 9.17) is 9.47 Å². The van der Waals surface area contributed by atoms with E-state index in [2.05, 4.69) is 10.0 Å². The minimum atomic E-state index is -3.67. The second kappa shape index (κ2) is 8.84. The molecule has 1 amide bonds. The predicted molar refractivity (Wildman–Crippen MR) is 111 cm³/mol. The van der Waals surface area contributed by atoms with E-state index in [1.165, 1.54) is 19.2 Å². The van der Waals surface area contributed by atoms with Crippen LogP contribution in [0.15, 0.2) is 41.3 Å². The number of anilines is 1. The Morgan fingerprint density at radius 1 is 1.03 bits per heavy atom. The van der Waals surface area contributed by atoms with Gasteiger partial charge in [0, 0.05) is 23.4 Å². The molecular formula is C21H26N2O5S. The Balaban J connectivity index is 1.81. The number of amides is 1. The lowest BCUT2D eigenvalue weighted by molar-refractivity contribution is 0.102. The van der Waals surface area contributed by atoms with Crippen molar-refractivity contribution >= 4 is 21.6 Å². The number of hydrogen-bond donors (Lipinski definition) is 2. The molecule has 29 heavy (non-hydrogen) atoms. The number of carbonyl (C=O) groups is 1. The van der Waals surface area contributed by atoms with Crippen LogP contribution in [0.3, 0.4) is 0 Å². The maximum Gasteiger partial charge on any atom is 0.255 e. The van der Waals surface area contributed by atoms with Crippen molar-refractivity contribution in [2.75, 3.05) is 19.5 Å². The monoisotopic (exact) mass is 418 g/mol. The van der Waals surface area contributed by atoms with Crippen molar-refractivity contribution in [3.63, 3.8) is 0 Å². The van der Waals surface area contributed by atoms with Crippen LogP contribution in [0.2, 0.25) is 0 Å². The van der Waals surface area contributed by atoms with Crippen molar-refractivity contribution in [1.29, 1.82) is 0 Å². The zero-order chi connectivity index (χ0) is 21.0. The molecule has 8 heteroatoms. The van der Waals surface area contributed by atoms with Crippen molar-refractivity contribution in [3.05, 3.63) is 47.5 Å². The molecule has 0 aliphatic heterocycles. The molecule has 0 spiro atoms. The van der Waals surface area contributed by atoms with Crippen LogP contribution in [0.5, 0.6) is 11.5 Å². The van der Waals surface area contributed by atoms with E-state index >= 15 is 0 Å². The summed E-state index contributed by atoms with van der Waals surface area (Å²) < 4.78 is 38.6. The van der Waals surface area contributed by atoms with Crippen LogP contribution in [0.1, 0.15) is 41.6 Å². The smallest absolute Gasteiger partial charge is 0.255 e. The Kier molecular flexibility index (Phi) is 6.44. The molecule has 3 rings (SSSR count). The van der Waals surface area contributed by atoms with Gasteiger partial charge in [0.1, 0.15) is 0 Å². The van der Waals surface area contributed by atoms with Gasteiger partial charge >= 0.3 is 0 Å². The van der Waals surface area contributed by atoms with Crippen LogP contribution < -0.4 is 19.5 Å². The molecule has 1 aliphatic carbocycles. The summed E-state index contributed by atoms with van der Waals surface area (Å²) in [6.07, 6.45) is 3.75. The highest BCUT2D eigenvalue weighted by Crippen LogP contribution is 2.33. The van der Waals surface area contributed by atoms with Crippen molar-refractivity contribution in [3.8, 4) is 11.5 Å². The molecule has 2 aromatic rings. The predicted octanol–water partition coefficient (Wildman–Crippen LogP) is 3.49. The summed E-state index contributed by atoms with van der Waals surface area (Å²) in [6.45, 7) is 1.84. The third kappa shape index (κ3) is 4.89. The van der Waals surface area contributed by atoms with E-state index in [1.807, 2.05) is 6.92 Å². The van der Waals surface area contributed by atoms with Gasteiger partial charge in [-0.15, -0.1) is 0 Å². The number of aryl methyl sites for hydroxylation is 1. The molecular weight excluding hydrogens is 392 g/mol. The third-order valence-electron chi connectivity index (χ3n) is 5.06. The first-order chi connectivity index (χ1) is 13.8. The highest BCUT2D eigenvalue weighted by molar-refractivity contribution is 7.89. The highest BCUT2D eigenvalue weighted by atomic mass is 32.2. The third-order valence-corrected chi connectivity index (χ3v) is 6.58. The van der Waals surface area contributed by atoms with Crippen LogP contribution >= 0.6 is 0 Å². The average Bonchev–Trinajstić information content (AvgIpc) is 3.21. The first-order valence-electron chi connectivity index (χ1n) is 9.50. The second-order valence-electron chi connectivity index (χ2n) is 7.11. The Labute approximate surface area is 171 Å². The summed E-state index contributed by atoms with van der Waals surface area (Å²) >= 11 is 0. The molecule has 0 heterocycles. The number of benzene rings is 2. The van der Waals surface area contributed by atoms with Gasteiger partial charge in [-0.25, -0.2) is 13.1 Å². The van der Waals surface area contributed by atoms with Crippen LogP contribution in [0.25, 0.3) is 0 Å². The fourth-order valence-corrected chi connectivity index (χ4v) is 4.80. The molecule has 0 bridgehead atoms. The number of hydrogen-bond acceptors (Lipinski definition) is 5. The van der Waals surface area contributed by atoms with Crippen molar-refractivity contribution < 1.29 is 22.7 Å². The van der Waals surface area contributed by atoms with Gasteiger partial charge < -0.3 is 14.8 Å². The van der Waals surface area contributed by atoms with Crippen LogP contribution in [-0.4, -0.2) is 34.6 Å². The van der Waals surface area contributed by atoms with E-state index < -0.39 is 15.9 Å². The molecule has 1 saturated carbocycles. The Bertz CT molecular complexity index is 998. The van der Waals surface area contributed by atoms with Gasteiger partial charge in [-0.05, 0) is 49.6 Å². The maximum absolute atomic E-state index is 12.7. The molecule has 1 aliphatic rings. The Morgan fingerprint density at radius 2 is 1.69 bits per heavy atom. The van der Waals surface area contributed by atoms with Gasteiger partial charge in [-0.1, -0.05) is 18.9 Å². The van der Waals surface area contributed by atoms with Gasteiger partial charge in [0.25, 0.3) is 5.91 Å². The minimum Gasteiger partial charge on any atom is -0.493 e. The van der Waals surface area contributed by atoms with Crippen LogP contribution in [0.4, 0.5) is 5.69 Å². The fourth-order valence-electron chi connectivity index (χ4n) is 3.45. The number of methoxy groups -OCH3 is 2. The fraction of sp³-hybridized carbons (Fsp3) is 0.381. The first kappa shape index (κ1) is 21.1. The molecule has 2 N–H and O–H groups in total. The number of carbonyl (C=O) groups excluding carboxylic acids is 1. The van der Waals surface area contributed by atoms with Gasteiger partial charge in [0.15, 0.2) is 11.5 Å².